The number of amides is 6. The van der Waals surface area contributed by atoms with Crippen LogP contribution in [-0.4, -0.2) is 194 Å². The van der Waals surface area contributed by atoms with Gasteiger partial charge in [0.15, 0.2) is 17.5 Å². The lowest BCUT2D eigenvalue weighted by Gasteiger charge is -2.36. The van der Waals surface area contributed by atoms with E-state index in [0.29, 0.717) is 110 Å². The molecule has 6 aliphatic rings. The van der Waals surface area contributed by atoms with Gasteiger partial charge in [0.1, 0.15) is 55.4 Å². The van der Waals surface area contributed by atoms with Crippen molar-refractivity contribution in [2.75, 3.05) is 124 Å². The van der Waals surface area contributed by atoms with Crippen LogP contribution in [0, 0.1) is 0 Å². The van der Waals surface area contributed by atoms with E-state index in [1.807, 2.05) is 14.7 Å². The van der Waals surface area contributed by atoms with Gasteiger partial charge in [-0.05, 0) is 92.1 Å². The molecule has 600 valence electrons. The molecule has 9 N–H and O–H groups in total. The van der Waals surface area contributed by atoms with Crippen LogP contribution in [0.2, 0.25) is 15.1 Å². The molecule has 3 fully saturated rings. The van der Waals surface area contributed by atoms with E-state index in [1.54, 1.807) is 30.3 Å². The Kier molecular flexibility index (Phi) is 24.3. The Morgan fingerprint density at radius 1 is 0.447 bits per heavy atom. The summed E-state index contributed by atoms with van der Waals surface area (Å²) in [6.07, 6.45) is -9.13. The number of pyridine rings is 6. The Morgan fingerprint density at radius 3 is 1.22 bits per heavy atom. The lowest BCUT2D eigenvalue weighted by molar-refractivity contribution is -0.138. The Balaban J connectivity index is 0.000000149. The summed E-state index contributed by atoms with van der Waals surface area (Å²) >= 11 is 19.5. The molecule has 12 heterocycles. The summed E-state index contributed by atoms with van der Waals surface area (Å²) < 4.78 is 136. The molecule has 0 radical (unpaired) electrons. The third-order valence-corrected chi connectivity index (χ3v) is 19.9. The van der Waals surface area contributed by atoms with Gasteiger partial charge in [-0.2, -0.15) is 39.5 Å². The normalized spacial score (nSPS) is 17.3. The largest absolute Gasteiger partial charge is 0.489 e. The van der Waals surface area contributed by atoms with Crippen LogP contribution in [0.1, 0.15) is 36.0 Å². The third-order valence-electron chi connectivity index (χ3n) is 19.0. The monoisotopic (exact) mass is 1650 g/mol. The van der Waals surface area contributed by atoms with Gasteiger partial charge in [-0.3, -0.25) is 25.0 Å². The number of carbonyl (C=O) groups excluding carboxylic acids is 3. The second-order valence-electron chi connectivity index (χ2n) is 26.9. The van der Waals surface area contributed by atoms with Crippen molar-refractivity contribution < 1.29 is 98.7 Å². The molecule has 114 heavy (non-hydrogen) atoms. The summed E-state index contributed by atoms with van der Waals surface area (Å²) in [5, 5.41) is 63.8. The number of nitrogens with one attached hydrogen (secondary N) is 3. The van der Waals surface area contributed by atoms with Crippen LogP contribution in [0.4, 0.5) is 106 Å². The quantitative estimate of drug-likeness (QED) is 0.0360. The zero-order valence-corrected chi connectivity index (χ0v) is 61.7. The van der Waals surface area contributed by atoms with Crippen molar-refractivity contribution in [2.45, 2.75) is 74.2 Å². The SMILES string of the molecule is O=C(Nc1ccc(OC[C@H](O)CO)cn1)N1c2nc(-c3cccc(C(F)(F)F)c3)c(Cl)cc2N2CC[C@H]1C2.O=C(Nc1ccc(OC[C@H](O)CO)nc1)N1c2nc(-c3cccc(C(F)(F)F)c3)c(Cl)cc2N2CC[C@H]1C2.O=C(Nc1cncc(OC[C@H](O)CO)c1)N1c2nc(-c3cccc(C(F)(F)F)c3)c(Cl)cc2N2CC[C@H]1C2. The second-order valence-corrected chi connectivity index (χ2v) is 28.1. The average Bonchev–Trinajstić information content (AvgIpc) is 1.51. The lowest BCUT2D eigenvalue weighted by atomic mass is 10.1. The van der Waals surface area contributed by atoms with Gasteiger partial charge in [0.05, 0.1) is 140 Å². The van der Waals surface area contributed by atoms with Crippen LogP contribution in [0.25, 0.3) is 33.8 Å². The number of fused-ring (bicyclic) bond motifs is 12. The first-order valence-corrected chi connectivity index (χ1v) is 36.4. The fourth-order valence-corrected chi connectivity index (χ4v) is 14.3. The zero-order chi connectivity index (χ0) is 81.1. The van der Waals surface area contributed by atoms with Crippen LogP contribution in [-0.2, 0) is 18.5 Å². The van der Waals surface area contributed by atoms with Crippen molar-refractivity contribution >= 4 is 105 Å². The van der Waals surface area contributed by atoms with Gasteiger partial charge in [0.25, 0.3) is 0 Å². The molecule has 0 spiro atoms. The first-order valence-electron chi connectivity index (χ1n) is 35.2. The molecule has 15 rings (SSSR count). The molecule has 27 nitrogen and oxygen atoms in total. The predicted octanol–water partition coefficient (Wildman–Crippen LogP) is 12.5. The highest BCUT2D eigenvalue weighted by Gasteiger charge is 2.45. The fraction of sp³-hybridized carbons (Fsp3) is 0.320. The molecule has 0 aliphatic carbocycles. The van der Waals surface area contributed by atoms with Gasteiger partial charge in [0, 0.05) is 68.1 Å². The van der Waals surface area contributed by atoms with Gasteiger partial charge in [-0.15, -0.1) is 0 Å². The number of aliphatic hydroxyl groups is 6. The maximum absolute atomic E-state index is 13.5. The van der Waals surface area contributed by atoms with Gasteiger partial charge < -0.3 is 70.2 Å². The Hall–Kier alpha value is -10.8. The van der Waals surface area contributed by atoms with Gasteiger partial charge in [-0.1, -0.05) is 71.2 Å². The minimum absolute atomic E-state index is 0.116. The molecule has 3 aromatic carbocycles. The average molecular weight is 1650 g/mol. The number of halogens is 12. The van der Waals surface area contributed by atoms with E-state index in [-0.39, 0.29) is 104 Å². The summed E-state index contributed by atoms with van der Waals surface area (Å²) in [5.41, 5.74) is 1.04. The lowest BCUT2D eigenvalue weighted by Crippen LogP contribution is -2.48. The standard InChI is InChI=1S/3C25H23ClF3N5O4/c26-20-8-21-23(32-22(20)14-2-1-3-15(6-14)25(27,28)29)34(17-4-5-33(21)11-17)24(37)31-16-7-19(10-30-9-16)38-13-18(36)12-35;26-19-9-20-23(32-22(19)14-2-1-3-15(8-14)25(27,28)29)34(16-6-7-33(20)11-16)24(37)31-21-5-4-18(10-30-21)38-13-17(36)12-35;26-19-9-20-23(32-22(19)14-2-1-3-15(8-14)25(27,28)29)34(17-6-7-33(20)11-17)24(37)31-16-4-5-21(30-10-16)38-13-18(36)12-35/h1-3,6-10,17-18,35-36H,4-5,11-13H2,(H,31,37);1-5,8-10,16-17,35-36H,6-7,11-13H2,(H,30,31,37);1-5,8-10,17-18,35-36H,6-7,11-13H2,(H,31,37)/t17-,18+;16-,17+;17-,18+/m000/s1. The molecule has 39 heteroatoms. The highest BCUT2D eigenvalue weighted by atomic mass is 35.5. The Labute approximate surface area is 657 Å². The minimum atomic E-state index is -4.53. The Morgan fingerprint density at radius 2 is 0.842 bits per heavy atom. The number of hydrogen-bond acceptors (Lipinski definition) is 21. The topological polar surface area (TPSA) is 333 Å². The molecule has 6 amide bonds. The number of aromatic nitrogens is 6. The number of benzene rings is 3. The van der Waals surface area contributed by atoms with Crippen LogP contribution >= 0.6 is 34.8 Å². The molecular weight excluding hydrogens is 1580 g/mol. The van der Waals surface area contributed by atoms with Gasteiger partial charge >= 0.3 is 36.6 Å². The first-order chi connectivity index (χ1) is 54.4. The summed E-state index contributed by atoms with van der Waals surface area (Å²) in [4.78, 5) is 77.1. The molecule has 6 aromatic heterocycles. The zero-order valence-electron chi connectivity index (χ0n) is 59.5. The smallest absolute Gasteiger partial charge is 0.416 e. The van der Waals surface area contributed by atoms with Crippen LogP contribution in [0.3, 0.4) is 0 Å². The van der Waals surface area contributed by atoms with E-state index in [4.69, 9.17) is 64.3 Å². The molecule has 6 aliphatic heterocycles. The second kappa shape index (κ2) is 34.1. The van der Waals surface area contributed by atoms with Crippen LogP contribution < -0.4 is 59.6 Å². The van der Waals surface area contributed by atoms with Gasteiger partial charge in [-0.25, -0.2) is 39.3 Å². The van der Waals surface area contributed by atoms with E-state index in [2.05, 4.69) is 45.9 Å². The number of hydrogen-bond donors (Lipinski definition) is 9. The van der Waals surface area contributed by atoms with E-state index in [9.17, 15) is 69.2 Å². The fourth-order valence-electron chi connectivity index (χ4n) is 13.5. The highest BCUT2D eigenvalue weighted by molar-refractivity contribution is 6.34. The molecule has 9 aromatic rings. The third kappa shape index (κ3) is 18.4. The maximum atomic E-state index is 13.5. The van der Waals surface area contributed by atoms with Crippen LogP contribution in [0.5, 0.6) is 17.4 Å². The van der Waals surface area contributed by atoms with E-state index < -0.39 is 91.4 Å². The predicted molar refractivity (Wildman–Crippen MR) is 404 cm³/mol. The Bertz CT molecular complexity index is 4810. The van der Waals surface area contributed by atoms with Crippen molar-refractivity contribution in [3.05, 3.63) is 178 Å². The number of nitrogens with zero attached hydrogens (tertiary/aromatic N) is 12. The molecule has 6 atom stereocenters. The molecule has 6 bridgehead atoms. The van der Waals surface area contributed by atoms with Crippen molar-refractivity contribution in [1.82, 2.24) is 29.9 Å². The summed E-state index contributed by atoms with van der Waals surface area (Å²) in [6.45, 7) is 1.95. The minimum Gasteiger partial charge on any atom is -0.489 e. The van der Waals surface area contributed by atoms with Crippen LogP contribution in [0.15, 0.2) is 146 Å². The summed E-state index contributed by atoms with van der Waals surface area (Å²) in [5.74, 6) is 1.95. The number of urea groups is 3. The molecule has 0 saturated carbocycles. The van der Waals surface area contributed by atoms with Crippen molar-refractivity contribution in [3.8, 4) is 51.2 Å². The summed E-state index contributed by atoms with van der Waals surface area (Å²) in [7, 11) is 0. The highest BCUT2D eigenvalue weighted by Crippen LogP contribution is 2.48. The van der Waals surface area contributed by atoms with Crippen molar-refractivity contribution in [2.24, 2.45) is 0 Å². The molecule has 3 saturated heterocycles. The number of rotatable bonds is 18. The number of alkyl halides is 9. The number of carbonyl (C=O) groups is 3. The molecule has 0 unspecified atom stereocenters. The van der Waals surface area contributed by atoms with Gasteiger partial charge in [0.2, 0.25) is 5.88 Å². The van der Waals surface area contributed by atoms with E-state index in [1.165, 1.54) is 94.1 Å². The first kappa shape index (κ1) is 81.2. The maximum Gasteiger partial charge on any atom is 0.416 e. The van der Waals surface area contributed by atoms with E-state index in [0.717, 1.165) is 36.4 Å². The van der Waals surface area contributed by atoms with Crippen molar-refractivity contribution in [1.29, 1.82) is 0 Å². The van der Waals surface area contributed by atoms with E-state index >= 15 is 0 Å². The number of aliphatic hydroxyl groups excluding tert-OH is 6. The summed E-state index contributed by atoms with van der Waals surface area (Å²) in [6, 6.07) is 24.7. The number of ether oxygens (including phenoxy) is 3. The number of anilines is 9. The molecular formula is C75H69Cl3F9N15O12. The van der Waals surface area contributed by atoms with Crippen molar-refractivity contribution in [3.63, 3.8) is 0 Å².